The maximum Gasteiger partial charge on any atom is 0.338 e. The van der Waals surface area contributed by atoms with Gasteiger partial charge in [0.15, 0.2) is 0 Å². The third-order valence-electron chi connectivity index (χ3n) is 3.46. The maximum absolute atomic E-state index is 12.2. The van der Waals surface area contributed by atoms with Gasteiger partial charge in [0.25, 0.3) is 0 Å². The highest BCUT2D eigenvalue weighted by atomic mass is 16.7. The van der Waals surface area contributed by atoms with Gasteiger partial charge in [0, 0.05) is 7.11 Å². The van der Waals surface area contributed by atoms with E-state index in [1.54, 1.807) is 28.1 Å². The summed E-state index contributed by atoms with van der Waals surface area (Å²) < 4.78 is 21.3. The Morgan fingerprint density at radius 3 is 2.43 bits per heavy atom. The number of methoxy groups -OCH3 is 2. The lowest BCUT2D eigenvalue weighted by Crippen LogP contribution is -2.22. The molecule has 5 heteroatoms. The van der Waals surface area contributed by atoms with Gasteiger partial charge >= 0.3 is 5.97 Å². The largest absolute Gasteiger partial charge is 0.497 e. The monoisotopic (exact) mass is 292 g/mol. The molecule has 21 heavy (non-hydrogen) atoms. The zero-order chi connectivity index (χ0) is 15.4. The van der Waals surface area contributed by atoms with E-state index in [9.17, 15) is 4.79 Å². The number of rotatable bonds is 5. The number of hydrogen-bond donors (Lipinski definition) is 0. The van der Waals surface area contributed by atoms with Crippen LogP contribution in [-0.2, 0) is 19.0 Å². The van der Waals surface area contributed by atoms with Gasteiger partial charge in [-0.1, -0.05) is 12.1 Å². The first-order valence-electron chi connectivity index (χ1n) is 6.83. The molecule has 5 nitrogen and oxygen atoms in total. The SMILES string of the molecule is CCOC(=O)C1=C(C)OC(OC)C1c1ccc(OC)cc1. The van der Waals surface area contributed by atoms with Crippen molar-refractivity contribution < 1.29 is 23.7 Å². The zero-order valence-electron chi connectivity index (χ0n) is 12.7. The van der Waals surface area contributed by atoms with Gasteiger partial charge in [0.2, 0.25) is 6.29 Å². The van der Waals surface area contributed by atoms with Gasteiger partial charge < -0.3 is 18.9 Å². The van der Waals surface area contributed by atoms with Crippen LogP contribution < -0.4 is 4.74 Å². The van der Waals surface area contributed by atoms with Crippen molar-refractivity contribution in [1.82, 2.24) is 0 Å². The first kappa shape index (κ1) is 15.4. The van der Waals surface area contributed by atoms with E-state index in [4.69, 9.17) is 18.9 Å². The van der Waals surface area contributed by atoms with Crippen molar-refractivity contribution in [1.29, 1.82) is 0 Å². The van der Waals surface area contributed by atoms with Gasteiger partial charge in [-0.2, -0.15) is 0 Å². The van der Waals surface area contributed by atoms with Crippen LogP contribution in [0.25, 0.3) is 0 Å². The van der Waals surface area contributed by atoms with E-state index in [-0.39, 0.29) is 11.9 Å². The van der Waals surface area contributed by atoms with Gasteiger partial charge in [-0.25, -0.2) is 4.79 Å². The zero-order valence-corrected chi connectivity index (χ0v) is 12.7. The molecule has 114 valence electrons. The molecule has 0 saturated heterocycles. The summed E-state index contributed by atoms with van der Waals surface area (Å²) in [6.45, 7) is 3.85. The number of ether oxygens (including phenoxy) is 4. The number of esters is 1. The fourth-order valence-corrected chi connectivity index (χ4v) is 2.46. The van der Waals surface area contributed by atoms with E-state index in [0.29, 0.717) is 17.9 Å². The minimum atomic E-state index is -0.530. The molecule has 0 radical (unpaired) electrons. The van der Waals surface area contributed by atoms with E-state index in [1.165, 1.54) is 0 Å². The molecule has 0 saturated carbocycles. The number of allylic oxidation sites excluding steroid dienone is 1. The Labute approximate surface area is 124 Å². The van der Waals surface area contributed by atoms with E-state index in [2.05, 4.69) is 0 Å². The van der Waals surface area contributed by atoms with Crippen molar-refractivity contribution in [2.75, 3.05) is 20.8 Å². The maximum atomic E-state index is 12.2. The molecule has 0 N–H and O–H groups in total. The summed E-state index contributed by atoms with van der Waals surface area (Å²) in [5.74, 6) is 0.626. The van der Waals surface area contributed by atoms with Crippen molar-refractivity contribution >= 4 is 5.97 Å². The highest BCUT2D eigenvalue weighted by molar-refractivity contribution is 5.91. The highest BCUT2D eigenvalue weighted by Crippen LogP contribution is 2.40. The molecule has 2 rings (SSSR count). The Kier molecular flexibility index (Phi) is 4.85. The van der Waals surface area contributed by atoms with E-state index in [1.807, 2.05) is 24.3 Å². The molecule has 0 bridgehead atoms. The molecular formula is C16H20O5. The van der Waals surface area contributed by atoms with Gasteiger partial charge in [-0.05, 0) is 31.5 Å². The Balaban J connectivity index is 2.37. The van der Waals surface area contributed by atoms with Gasteiger partial charge in [-0.3, -0.25) is 0 Å². The number of carbonyl (C=O) groups excluding carboxylic acids is 1. The fourth-order valence-electron chi connectivity index (χ4n) is 2.46. The molecule has 0 fully saturated rings. The molecule has 1 aliphatic heterocycles. The van der Waals surface area contributed by atoms with Crippen LogP contribution in [0.1, 0.15) is 25.3 Å². The normalized spacial score (nSPS) is 21.1. The Morgan fingerprint density at radius 1 is 1.24 bits per heavy atom. The molecule has 1 heterocycles. The van der Waals surface area contributed by atoms with Crippen LogP contribution in [-0.4, -0.2) is 33.1 Å². The van der Waals surface area contributed by atoms with Crippen LogP contribution in [0.4, 0.5) is 0 Å². The number of hydrogen-bond acceptors (Lipinski definition) is 5. The Hall–Kier alpha value is -2.01. The van der Waals surface area contributed by atoms with Gasteiger partial charge in [0.05, 0.1) is 25.2 Å². The van der Waals surface area contributed by atoms with Crippen LogP contribution >= 0.6 is 0 Å². The van der Waals surface area contributed by atoms with E-state index < -0.39 is 6.29 Å². The summed E-state index contributed by atoms with van der Waals surface area (Å²) in [5.41, 5.74) is 1.43. The Bertz CT molecular complexity index is 532. The fraction of sp³-hybridized carbons (Fsp3) is 0.438. The number of carbonyl (C=O) groups is 1. The van der Waals surface area contributed by atoms with Crippen LogP contribution in [0.15, 0.2) is 35.6 Å². The molecule has 0 amide bonds. The summed E-state index contributed by atoms with van der Waals surface area (Å²) in [6.07, 6.45) is -0.530. The van der Waals surface area contributed by atoms with Gasteiger partial charge in [-0.15, -0.1) is 0 Å². The third-order valence-corrected chi connectivity index (χ3v) is 3.46. The molecule has 0 aromatic heterocycles. The Morgan fingerprint density at radius 2 is 1.90 bits per heavy atom. The molecule has 2 atom stereocenters. The molecule has 2 unspecified atom stereocenters. The summed E-state index contributed by atoms with van der Waals surface area (Å²) in [6, 6.07) is 7.49. The summed E-state index contributed by atoms with van der Waals surface area (Å²) in [7, 11) is 3.17. The average Bonchev–Trinajstić information content (AvgIpc) is 2.84. The lowest BCUT2D eigenvalue weighted by Gasteiger charge is -2.20. The highest BCUT2D eigenvalue weighted by Gasteiger charge is 2.40. The minimum absolute atomic E-state index is 0.306. The molecule has 1 aromatic carbocycles. The minimum Gasteiger partial charge on any atom is -0.497 e. The summed E-state index contributed by atoms with van der Waals surface area (Å²) in [5, 5.41) is 0. The van der Waals surface area contributed by atoms with Crippen molar-refractivity contribution in [2.24, 2.45) is 0 Å². The average molecular weight is 292 g/mol. The number of benzene rings is 1. The topological polar surface area (TPSA) is 54.0 Å². The second-order valence-corrected chi connectivity index (χ2v) is 4.66. The third kappa shape index (κ3) is 3.03. The predicted molar refractivity (Wildman–Crippen MR) is 77.0 cm³/mol. The predicted octanol–water partition coefficient (Wildman–Crippen LogP) is 2.62. The smallest absolute Gasteiger partial charge is 0.338 e. The first-order valence-corrected chi connectivity index (χ1v) is 6.83. The van der Waals surface area contributed by atoms with E-state index >= 15 is 0 Å². The van der Waals surface area contributed by atoms with Crippen molar-refractivity contribution in [3.8, 4) is 5.75 Å². The van der Waals surface area contributed by atoms with E-state index in [0.717, 1.165) is 11.3 Å². The summed E-state index contributed by atoms with van der Waals surface area (Å²) >= 11 is 0. The molecule has 0 aliphatic carbocycles. The molecule has 0 spiro atoms. The van der Waals surface area contributed by atoms with Crippen molar-refractivity contribution in [2.45, 2.75) is 26.1 Å². The standard InChI is InChI=1S/C16H20O5/c1-5-20-15(17)13-10(2)21-16(19-4)14(13)11-6-8-12(18-3)9-7-11/h6-9,14,16H,5H2,1-4H3. The molecular weight excluding hydrogens is 272 g/mol. The second kappa shape index (κ2) is 6.63. The second-order valence-electron chi connectivity index (χ2n) is 4.66. The van der Waals surface area contributed by atoms with Crippen molar-refractivity contribution in [3.63, 3.8) is 0 Å². The van der Waals surface area contributed by atoms with Crippen LogP contribution in [0.5, 0.6) is 5.75 Å². The van der Waals surface area contributed by atoms with Crippen molar-refractivity contribution in [3.05, 3.63) is 41.2 Å². The summed E-state index contributed by atoms with van der Waals surface area (Å²) in [4.78, 5) is 12.2. The lowest BCUT2D eigenvalue weighted by atomic mass is 9.91. The molecule has 1 aromatic rings. The van der Waals surface area contributed by atoms with Crippen LogP contribution in [0.3, 0.4) is 0 Å². The van der Waals surface area contributed by atoms with Crippen LogP contribution in [0.2, 0.25) is 0 Å². The van der Waals surface area contributed by atoms with Gasteiger partial charge in [0.1, 0.15) is 11.5 Å². The lowest BCUT2D eigenvalue weighted by molar-refractivity contribution is -0.139. The first-order chi connectivity index (χ1) is 10.1. The van der Waals surface area contributed by atoms with Crippen LogP contribution in [0, 0.1) is 0 Å². The molecule has 1 aliphatic rings. The quantitative estimate of drug-likeness (QED) is 0.781.